The number of halogens is 1. The van der Waals surface area contributed by atoms with Gasteiger partial charge in [0.25, 0.3) is 5.91 Å². The van der Waals surface area contributed by atoms with Gasteiger partial charge in [0.05, 0.1) is 24.3 Å². The summed E-state index contributed by atoms with van der Waals surface area (Å²) in [5, 5.41) is 12.7. The van der Waals surface area contributed by atoms with Crippen LogP contribution in [-0.2, 0) is 10.2 Å². The fourth-order valence-corrected chi connectivity index (χ4v) is 8.78. The Bertz CT molecular complexity index is 1460. The monoisotopic (exact) mass is 660 g/mol. The van der Waals surface area contributed by atoms with Crippen LogP contribution in [0.4, 0.5) is 14.9 Å². The number of nitrogens with one attached hydrogen (secondary N) is 1. The molecule has 0 bridgehead atoms. The Hall–Kier alpha value is -3.68. The number of rotatable bonds is 12. The number of alkyl carbamates (subject to hydrolysis) is 1. The SMILES string of the molecule is CCN(CC)C[C@@](c1cccc(F)c1)(C1CCN(CC2CN(c3ccc(C#N)c(C(=O)N(C)C)c3)C2)CC1)[C@H]1CCC[C@@H]1NC(=O)OC. The molecule has 10 heteroatoms. The summed E-state index contributed by atoms with van der Waals surface area (Å²) in [6.45, 7) is 11.9. The molecule has 2 aromatic rings. The zero-order valence-electron chi connectivity index (χ0n) is 29.4. The molecule has 5 rings (SSSR count). The van der Waals surface area contributed by atoms with Gasteiger partial charge in [0.2, 0.25) is 0 Å². The highest BCUT2D eigenvalue weighted by Crippen LogP contribution is 2.51. The number of carbonyl (C=O) groups is 2. The Labute approximate surface area is 286 Å². The number of carbonyl (C=O) groups excluding carboxylic acids is 2. The number of methoxy groups -OCH3 is 1. The standard InChI is InChI=1S/C38H53FN6O3/c1-6-43(7-2)26-38(30-10-8-11-31(39)20-30,34-12-9-13-35(34)41-37(47)48-5)29-16-18-44(19-17-29)23-27-24-45(25-27)32-15-14-28(22-40)33(21-32)36(46)42(3)4/h8,10-11,14-15,20-21,27,29,34-35H,6-7,9,12-13,16-19,23-26H2,1-5H3,(H,41,47)/t34-,35-,38-/m0/s1. The van der Waals surface area contributed by atoms with Gasteiger partial charge in [0.15, 0.2) is 0 Å². The lowest BCUT2D eigenvalue weighted by molar-refractivity contribution is 0.0407. The van der Waals surface area contributed by atoms with Crippen molar-refractivity contribution >= 4 is 17.7 Å². The summed E-state index contributed by atoms with van der Waals surface area (Å²) >= 11 is 0. The second-order valence-electron chi connectivity index (χ2n) is 14.2. The number of amides is 2. The number of likely N-dealkylation sites (tertiary alicyclic amines) is 1. The number of piperidine rings is 1. The van der Waals surface area contributed by atoms with E-state index in [1.807, 2.05) is 18.2 Å². The van der Waals surface area contributed by atoms with Crippen LogP contribution in [0.5, 0.6) is 0 Å². The van der Waals surface area contributed by atoms with Crippen LogP contribution in [0.15, 0.2) is 42.5 Å². The van der Waals surface area contributed by atoms with E-state index in [9.17, 15) is 14.9 Å². The molecule has 2 aliphatic heterocycles. The van der Waals surface area contributed by atoms with Crippen molar-refractivity contribution in [3.63, 3.8) is 0 Å². The quantitative estimate of drug-likeness (QED) is 0.328. The molecule has 1 N–H and O–H groups in total. The fourth-order valence-electron chi connectivity index (χ4n) is 8.78. The summed E-state index contributed by atoms with van der Waals surface area (Å²) in [4.78, 5) is 34.1. The van der Waals surface area contributed by atoms with Crippen molar-refractivity contribution in [1.29, 1.82) is 5.26 Å². The maximum Gasteiger partial charge on any atom is 0.407 e. The van der Waals surface area contributed by atoms with E-state index in [-0.39, 0.29) is 29.1 Å². The molecule has 0 unspecified atom stereocenters. The highest BCUT2D eigenvalue weighted by atomic mass is 19.1. The average Bonchev–Trinajstić information content (AvgIpc) is 3.54. The van der Waals surface area contributed by atoms with E-state index in [1.54, 1.807) is 26.2 Å². The van der Waals surface area contributed by atoms with Gasteiger partial charge in [-0.3, -0.25) is 4.79 Å². The molecule has 1 saturated carbocycles. The van der Waals surface area contributed by atoms with Gasteiger partial charge in [-0.05, 0) is 99.6 Å². The molecular formula is C38H53FN6O3. The normalized spacial score (nSPS) is 21.8. The van der Waals surface area contributed by atoms with Crippen molar-refractivity contribution in [3.05, 3.63) is 65.0 Å². The highest BCUT2D eigenvalue weighted by molar-refractivity contribution is 5.97. The van der Waals surface area contributed by atoms with Crippen molar-refractivity contribution in [3.8, 4) is 6.07 Å². The summed E-state index contributed by atoms with van der Waals surface area (Å²) in [6.07, 6.45) is 4.55. The van der Waals surface area contributed by atoms with Gasteiger partial charge in [-0.25, -0.2) is 9.18 Å². The number of hydrogen-bond acceptors (Lipinski definition) is 7. The maximum atomic E-state index is 15.0. The van der Waals surface area contributed by atoms with Crippen LogP contribution in [0.1, 0.15) is 67.4 Å². The van der Waals surface area contributed by atoms with Gasteiger partial charge in [-0.2, -0.15) is 5.26 Å². The van der Waals surface area contributed by atoms with Gasteiger partial charge < -0.3 is 29.7 Å². The number of ether oxygens (including phenoxy) is 1. The van der Waals surface area contributed by atoms with Crippen molar-refractivity contribution in [2.24, 2.45) is 17.8 Å². The smallest absolute Gasteiger partial charge is 0.407 e. The lowest BCUT2D eigenvalue weighted by Gasteiger charge is -2.53. The summed E-state index contributed by atoms with van der Waals surface area (Å²) in [5.41, 5.74) is 2.58. The molecule has 2 aromatic carbocycles. The van der Waals surface area contributed by atoms with Crippen molar-refractivity contribution in [2.75, 3.05) is 78.5 Å². The largest absolute Gasteiger partial charge is 0.453 e. The Balaban J connectivity index is 1.31. The first-order valence-electron chi connectivity index (χ1n) is 17.7. The second kappa shape index (κ2) is 15.7. The molecule has 0 spiro atoms. The highest BCUT2D eigenvalue weighted by Gasteiger charge is 2.52. The van der Waals surface area contributed by atoms with Crippen molar-refractivity contribution in [2.45, 2.75) is 57.4 Å². The zero-order chi connectivity index (χ0) is 34.4. The summed E-state index contributed by atoms with van der Waals surface area (Å²) in [7, 11) is 4.83. The third kappa shape index (κ3) is 7.47. The molecule has 2 saturated heterocycles. The predicted octanol–water partition coefficient (Wildman–Crippen LogP) is 5.35. The average molecular weight is 661 g/mol. The predicted molar refractivity (Wildman–Crippen MR) is 187 cm³/mol. The number of benzene rings is 2. The van der Waals surface area contributed by atoms with E-state index in [1.165, 1.54) is 18.1 Å². The third-order valence-corrected chi connectivity index (χ3v) is 11.3. The fraction of sp³-hybridized carbons (Fsp3) is 0.605. The van der Waals surface area contributed by atoms with E-state index < -0.39 is 6.09 Å². The van der Waals surface area contributed by atoms with Crippen LogP contribution in [0.25, 0.3) is 0 Å². The molecule has 2 amide bonds. The molecule has 0 radical (unpaired) electrons. The van der Waals surface area contributed by atoms with Gasteiger partial charge in [0.1, 0.15) is 5.82 Å². The first-order valence-corrected chi connectivity index (χ1v) is 17.7. The van der Waals surface area contributed by atoms with Crippen LogP contribution in [0.2, 0.25) is 0 Å². The summed E-state index contributed by atoms with van der Waals surface area (Å²) in [5.74, 6) is 0.670. The van der Waals surface area contributed by atoms with E-state index in [0.29, 0.717) is 23.0 Å². The molecule has 260 valence electrons. The summed E-state index contributed by atoms with van der Waals surface area (Å²) in [6, 6.07) is 15.0. The van der Waals surface area contributed by atoms with Crippen molar-refractivity contribution in [1.82, 2.24) is 20.0 Å². The molecule has 0 aromatic heterocycles. The van der Waals surface area contributed by atoms with E-state index in [4.69, 9.17) is 4.74 Å². The number of anilines is 1. The number of nitrogens with zero attached hydrogens (tertiary/aromatic N) is 5. The first-order chi connectivity index (χ1) is 23.1. The zero-order valence-corrected chi connectivity index (χ0v) is 29.4. The molecule has 2 heterocycles. The molecular weight excluding hydrogens is 607 g/mol. The Morgan fingerprint density at radius 1 is 1.06 bits per heavy atom. The van der Waals surface area contributed by atoms with Gasteiger partial charge in [-0.15, -0.1) is 0 Å². The van der Waals surface area contributed by atoms with Gasteiger partial charge >= 0.3 is 6.09 Å². The minimum Gasteiger partial charge on any atom is -0.453 e. The van der Waals surface area contributed by atoms with E-state index in [0.717, 1.165) is 95.7 Å². The van der Waals surface area contributed by atoms with Crippen LogP contribution in [-0.4, -0.2) is 106 Å². The van der Waals surface area contributed by atoms with E-state index in [2.05, 4.69) is 46.0 Å². The number of hydrogen-bond donors (Lipinski definition) is 1. The Morgan fingerprint density at radius 2 is 1.79 bits per heavy atom. The first kappa shape index (κ1) is 35.6. The summed E-state index contributed by atoms with van der Waals surface area (Å²) < 4.78 is 20.1. The second-order valence-corrected chi connectivity index (χ2v) is 14.2. The van der Waals surface area contributed by atoms with Crippen molar-refractivity contribution < 1.29 is 18.7 Å². The van der Waals surface area contributed by atoms with Gasteiger partial charge in [-0.1, -0.05) is 32.4 Å². The number of likely N-dealkylation sites (N-methyl/N-ethyl adjacent to an activating group) is 1. The minimum atomic E-state index is -0.395. The van der Waals surface area contributed by atoms with Crippen LogP contribution >= 0.6 is 0 Å². The maximum absolute atomic E-state index is 15.0. The topological polar surface area (TPSA) is 92.1 Å². The Kier molecular flexibility index (Phi) is 11.6. The molecule has 3 fully saturated rings. The van der Waals surface area contributed by atoms with Crippen LogP contribution in [0.3, 0.4) is 0 Å². The number of nitriles is 1. The lowest BCUT2D eigenvalue weighted by atomic mass is 9.58. The lowest BCUT2D eigenvalue weighted by Crippen LogP contribution is -2.58. The molecule has 3 aliphatic rings. The third-order valence-electron chi connectivity index (χ3n) is 11.3. The molecule has 48 heavy (non-hydrogen) atoms. The van der Waals surface area contributed by atoms with Crippen LogP contribution in [0, 0.1) is 34.9 Å². The minimum absolute atomic E-state index is 0.0222. The Morgan fingerprint density at radius 3 is 2.42 bits per heavy atom. The molecule has 9 nitrogen and oxygen atoms in total. The van der Waals surface area contributed by atoms with E-state index >= 15 is 4.39 Å². The van der Waals surface area contributed by atoms with Crippen LogP contribution < -0.4 is 10.2 Å². The molecule has 1 aliphatic carbocycles. The molecule has 3 atom stereocenters. The van der Waals surface area contributed by atoms with Gasteiger partial charge in [0, 0.05) is 63.3 Å².